The van der Waals surface area contributed by atoms with Crippen molar-refractivity contribution >= 4 is 24.9 Å². The SMILES string of the molecule is [B]c1cnnc(Cl)c1. The lowest BCUT2D eigenvalue weighted by Crippen LogP contribution is -2.02. The Bertz CT molecular complexity index is 174. The van der Waals surface area contributed by atoms with Gasteiger partial charge in [0, 0.05) is 6.20 Å². The summed E-state index contributed by atoms with van der Waals surface area (Å²) in [6, 6.07) is 1.54. The Morgan fingerprint density at radius 3 is 2.75 bits per heavy atom. The Hall–Kier alpha value is -0.565. The second-order valence-electron chi connectivity index (χ2n) is 1.31. The van der Waals surface area contributed by atoms with Crippen LogP contribution in [0.2, 0.25) is 5.15 Å². The van der Waals surface area contributed by atoms with Crippen LogP contribution in [0.3, 0.4) is 0 Å². The quantitative estimate of drug-likeness (QED) is 0.452. The molecule has 1 aromatic heterocycles. The van der Waals surface area contributed by atoms with Crippen molar-refractivity contribution < 1.29 is 0 Å². The zero-order valence-electron chi connectivity index (χ0n) is 4.00. The average Bonchev–Trinajstić information content (AvgIpc) is 1.64. The van der Waals surface area contributed by atoms with E-state index in [1.54, 1.807) is 0 Å². The Balaban J connectivity index is 3.08. The molecule has 38 valence electrons. The first-order valence-corrected chi connectivity index (χ1v) is 2.40. The Morgan fingerprint density at radius 1 is 1.62 bits per heavy atom. The van der Waals surface area contributed by atoms with E-state index in [-0.39, 0.29) is 0 Å². The Kier molecular flexibility index (Phi) is 1.49. The van der Waals surface area contributed by atoms with Crippen molar-refractivity contribution in [2.45, 2.75) is 0 Å². The van der Waals surface area contributed by atoms with Crippen LogP contribution < -0.4 is 5.46 Å². The summed E-state index contributed by atoms with van der Waals surface area (Å²) in [5.74, 6) is 0. The van der Waals surface area contributed by atoms with Gasteiger partial charge in [0.15, 0.2) is 5.15 Å². The third-order valence-electron chi connectivity index (χ3n) is 0.646. The van der Waals surface area contributed by atoms with Crippen molar-refractivity contribution in [3.05, 3.63) is 17.4 Å². The maximum atomic E-state index is 5.39. The van der Waals surface area contributed by atoms with Gasteiger partial charge >= 0.3 is 0 Å². The first-order valence-electron chi connectivity index (χ1n) is 2.03. The van der Waals surface area contributed by atoms with Gasteiger partial charge in [0.1, 0.15) is 7.85 Å². The van der Waals surface area contributed by atoms with E-state index < -0.39 is 0 Å². The fourth-order valence-corrected chi connectivity index (χ4v) is 0.524. The molecule has 8 heavy (non-hydrogen) atoms. The highest BCUT2D eigenvalue weighted by Crippen LogP contribution is 1.94. The topological polar surface area (TPSA) is 25.8 Å². The predicted octanol–water partition coefficient (Wildman–Crippen LogP) is -0.0762. The molecule has 0 saturated carbocycles. The van der Waals surface area contributed by atoms with Crippen LogP contribution in [0.5, 0.6) is 0 Å². The molecule has 0 bridgehead atoms. The molecule has 0 saturated heterocycles. The van der Waals surface area contributed by atoms with Crippen LogP contribution >= 0.6 is 11.6 Å². The van der Waals surface area contributed by atoms with E-state index in [9.17, 15) is 0 Å². The molecule has 2 radical (unpaired) electrons. The number of aromatic nitrogens is 2. The third-order valence-corrected chi connectivity index (χ3v) is 0.831. The van der Waals surface area contributed by atoms with Crippen LogP contribution in [-0.2, 0) is 0 Å². The van der Waals surface area contributed by atoms with Crippen LogP contribution in [-0.4, -0.2) is 18.0 Å². The summed E-state index contributed by atoms with van der Waals surface area (Å²) in [5, 5.41) is 7.28. The lowest BCUT2D eigenvalue weighted by Gasteiger charge is -1.86. The van der Waals surface area contributed by atoms with Crippen LogP contribution in [0.25, 0.3) is 0 Å². The zero-order chi connectivity index (χ0) is 5.98. The molecular formula is C4H2BClN2. The highest BCUT2D eigenvalue weighted by molar-refractivity contribution is 6.35. The van der Waals surface area contributed by atoms with Gasteiger partial charge < -0.3 is 0 Å². The van der Waals surface area contributed by atoms with Crippen molar-refractivity contribution in [3.8, 4) is 0 Å². The zero-order valence-corrected chi connectivity index (χ0v) is 4.76. The molecule has 0 spiro atoms. The summed E-state index contributed by atoms with van der Waals surface area (Å²) in [6.45, 7) is 0. The van der Waals surface area contributed by atoms with Gasteiger partial charge in [-0.15, -0.1) is 5.10 Å². The van der Waals surface area contributed by atoms with E-state index >= 15 is 0 Å². The number of halogens is 1. The minimum atomic E-state index is 0.324. The van der Waals surface area contributed by atoms with Gasteiger partial charge in [0.25, 0.3) is 0 Å². The van der Waals surface area contributed by atoms with E-state index in [1.807, 2.05) is 0 Å². The number of nitrogens with zero attached hydrogens (tertiary/aromatic N) is 2. The minimum Gasteiger partial charge on any atom is -0.158 e. The summed E-state index contributed by atoms with van der Waals surface area (Å²) in [7, 11) is 5.27. The number of rotatable bonds is 0. The molecule has 1 rings (SSSR count). The molecule has 1 heterocycles. The molecule has 0 unspecified atom stereocenters. The number of hydrogen-bond acceptors (Lipinski definition) is 2. The summed E-state index contributed by atoms with van der Waals surface area (Å²) in [6.07, 6.45) is 1.44. The van der Waals surface area contributed by atoms with Crippen molar-refractivity contribution in [2.24, 2.45) is 0 Å². The predicted molar refractivity (Wildman–Crippen MR) is 32.4 cm³/mol. The summed E-state index contributed by atoms with van der Waals surface area (Å²) >= 11 is 5.39. The molecule has 0 aliphatic heterocycles. The molecular weight excluding hydrogens is 122 g/mol. The summed E-state index contributed by atoms with van der Waals surface area (Å²) in [5.41, 5.74) is 0.532. The van der Waals surface area contributed by atoms with Crippen LogP contribution in [0.1, 0.15) is 0 Å². The van der Waals surface area contributed by atoms with E-state index in [0.29, 0.717) is 10.6 Å². The third kappa shape index (κ3) is 1.20. The average molecular weight is 124 g/mol. The number of hydrogen-bond donors (Lipinski definition) is 0. The van der Waals surface area contributed by atoms with Gasteiger partial charge in [-0.05, 0) is 6.07 Å². The van der Waals surface area contributed by atoms with E-state index in [4.69, 9.17) is 19.4 Å². The van der Waals surface area contributed by atoms with Crippen molar-refractivity contribution in [3.63, 3.8) is 0 Å². The molecule has 0 amide bonds. The Morgan fingerprint density at radius 2 is 2.38 bits per heavy atom. The molecule has 0 N–H and O–H groups in total. The van der Waals surface area contributed by atoms with Gasteiger partial charge in [-0.3, -0.25) is 0 Å². The molecule has 0 aliphatic carbocycles. The fourth-order valence-electron chi connectivity index (χ4n) is 0.354. The maximum absolute atomic E-state index is 5.39. The molecule has 0 atom stereocenters. The van der Waals surface area contributed by atoms with Gasteiger partial charge in [-0.2, -0.15) is 5.10 Å². The van der Waals surface area contributed by atoms with Crippen LogP contribution in [0, 0.1) is 0 Å². The minimum absolute atomic E-state index is 0.324. The van der Waals surface area contributed by atoms with Gasteiger partial charge in [0.2, 0.25) is 0 Å². The second kappa shape index (κ2) is 2.14. The monoisotopic (exact) mass is 124 g/mol. The summed E-state index contributed by atoms with van der Waals surface area (Å²) < 4.78 is 0. The van der Waals surface area contributed by atoms with Crippen LogP contribution in [0.15, 0.2) is 12.3 Å². The fraction of sp³-hybridized carbons (Fsp3) is 0. The van der Waals surface area contributed by atoms with Gasteiger partial charge in [-0.25, -0.2) is 0 Å². The highest BCUT2D eigenvalue weighted by atomic mass is 35.5. The lowest BCUT2D eigenvalue weighted by atomic mass is 10.0. The largest absolute Gasteiger partial charge is 0.158 e. The lowest BCUT2D eigenvalue weighted by molar-refractivity contribution is 1.04. The van der Waals surface area contributed by atoms with Gasteiger partial charge in [-0.1, -0.05) is 17.1 Å². The van der Waals surface area contributed by atoms with E-state index in [0.717, 1.165) is 0 Å². The second-order valence-corrected chi connectivity index (χ2v) is 1.70. The van der Waals surface area contributed by atoms with Crippen molar-refractivity contribution in [1.29, 1.82) is 0 Å². The maximum Gasteiger partial charge on any atom is 0.151 e. The van der Waals surface area contributed by atoms with E-state index in [2.05, 4.69) is 10.2 Å². The molecule has 0 fully saturated rings. The van der Waals surface area contributed by atoms with Crippen LogP contribution in [0.4, 0.5) is 0 Å². The first kappa shape index (κ1) is 5.57. The molecule has 2 nitrogen and oxygen atoms in total. The normalized spacial score (nSPS) is 9.12. The first-order chi connectivity index (χ1) is 3.79. The Labute approximate surface area is 53.3 Å². The smallest absolute Gasteiger partial charge is 0.151 e. The summed E-state index contributed by atoms with van der Waals surface area (Å²) in [4.78, 5) is 0. The molecule has 0 aliphatic rings. The van der Waals surface area contributed by atoms with Gasteiger partial charge in [0.05, 0.1) is 0 Å². The molecule has 1 aromatic rings. The molecule has 4 heteroatoms. The highest BCUT2D eigenvalue weighted by Gasteiger charge is 1.85. The van der Waals surface area contributed by atoms with Crippen molar-refractivity contribution in [1.82, 2.24) is 10.2 Å². The standard InChI is InChI=1S/C4H2BClN2/c5-3-1-4(6)8-7-2-3/h1-2H. The van der Waals surface area contributed by atoms with E-state index in [1.165, 1.54) is 12.3 Å². The molecule has 0 aromatic carbocycles. The van der Waals surface area contributed by atoms with Crippen molar-refractivity contribution in [2.75, 3.05) is 0 Å².